The summed E-state index contributed by atoms with van der Waals surface area (Å²) in [4.78, 5) is 26.4. The summed E-state index contributed by atoms with van der Waals surface area (Å²) < 4.78 is 6.64. The average molecular weight is 329 g/mol. The van der Waals surface area contributed by atoms with Crippen molar-refractivity contribution < 1.29 is 14.9 Å². The van der Waals surface area contributed by atoms with Gasteiger partial charge in [0.05, 0.1) is 29.9 Å². The quantitative estimate of drug-likeness (QED) is 0.710. The van der Waals surface area contributed by atoms with Gasteiger partial charge in [-0.25, -0.2) is 4.79 Å². The summed E-state index contributed by atoms with van der Waals surface area (Å²) >= 11 is 0. The first-order valence-corrected chi connectivity index (χ1v) is 7.34. The first kappa shape index (κ1) is 16.1. The Bertz CT molecular complexity index is 894. The Morgan fingerprint density at radius 1 is 1.33 bits per heavy atom. The van der Waals surface area contributed by atoms with E-state index in [0.29, 0.717) is 11.1 Å². The monoisotopic (exact) mass is 329 g/mol. The third-order valence-corrected chi connectivity index (χ3v) is 3.99. The van der Waals surface area contributed by atoms with Crippen LogP contribution in [0.1, 0.15) is 18.2 Å². The highest BCUT2D eigenvalue weighted by atomic mass is 16.5. The highest BCUT2D eigenvalue weighted by molar-refractivity contribution is 5.62. The molecule has 8 heteroatoms. The second kappa shape index (κ2) is 6.41. The number of nitriles is 1. The molecule has 3 N–H and O–H groups in total. The van der Waals surface area contributed by atoms with Crippen molar-refractivity contribution in [2.45, 2.75) is 24.9 Å². The number of ether oxygens (including phenoxy) is 1. The van der Waals surface area contributed by atoms with Crippen molar-refractivity contribution in [1.82, 2.24) is 9.55 Å². The SMILES string of the molecule is N#Cc1ccc(-c2cn([C@H]3C[C@H](O)[C@@H](CO)O3)c(=O)[nH]c2=O)cc1. The second-order valence-corrected chi connectivity index (χ2v) is 5.51. The molecule has 0 aliphatic carbocycles. The minimum Gasteiger partial charge on any atom is -0.394 e. The number of nitrogens with zero attached hydrogens (tertiary/aromatic N) is 2. The van der Waals surface area contributed by atoms with Crippen LogP contribution in [0.5, 0.6) is 0 Å². The minimum atomic E-state index is -0.891. The van der Waals surface area contributed by atoms with E-state index in [-0.39, 0.29) is 18.6 Å². The van der Waals surface area contributed by atoms with Gasteiger partial charge in [-0.1, -0.05) is 12.1 Å². The summed E-state index contributed by atoms with van der Waals surface area (Å²) in [5.74, 6) is 0. The summed E-state index contributed by atoms with van der Waals surface area (Å²) in [5.41, 5.74) is 0.0220. The van der Waals surface area contributed by atoms with Crippen molar-refractivity contribution in [3.8, 4) is 17.2 Å². The van der Waals surface area contributed by atoms with Crippen LogP contribution in [-0.4, -0.2) is 38.6 Å². The van der Waals surface area contributed by atoms with Gasteiger partial charge < -0.3 is 14.9 Å². The summed E-state index contributed by atoms with van der Waals surface area (Å²) in [5, 5.41) is 27.8. The van der Waals surface area contributed by atoms with Crippen LogP contribution >= 0.6 is 0 Å². The Morgan fingerprint density at radius 3 is 2.62 bits per heavy atom. The highest BCUT2D eigenvalue weighted by Crippen LogP contribution is 2.28. The Labute approximate surface area is 136 Å². The predicted molar refractivity (Wildman–Crippen MR) is 83.1 cm³/mol. The third kappa shape index (κ3) is 2.88. The Morgan fingerprint density at radius 2 is 2.04 bits per heavy atom. The summed E-state index contributed by atoms with van der Waals surface area (Å²) in [6.45, 7) is -0.363. The van der Waals surface area contributed by atoms with Gasteiger partial charge in [0, 0.05) is 12.6 Å². The number of aliphatic hydroxyl groups excluding tert-OH is 2. The van der Waals surface area contributed by atoms with Crippen molar-refractivity contribution >= 4 is 0 Å². The van der Waals surface area contributed by atoms with Crippen molar-refractivity contribution in [1.29, 1.82) is 5.26 Å². The molecule has 1 aliphatic rings. The highest BCUT2D eigenvalue weighted by Gasteiger charge is 2.35. The van der Waals surface area contributed by atoms with Crippen molar-refractivity contribution in [3.05, 3.63) is 56.9 Å². The van der Waals surface area contributed by atoms with E-state index in [1.54, 1.807) is 24.3 Å². The number of aromatic nitrogens is 2. The van der Waals surface area contributed by atoms with Crippen LogP contribution in [0, 0.1) is 11.3 Å². The van der Waals surface area contributed by atoms with Crippen LogP contribution in [0.4, 0.5) is 0 Å². The zero-order valence-corrected chi connectivity index (χ0v) is 12.5. The third-order valence-electron chi connectivity index (χ3n) is 3.99. The molecule has 0 spiro atoms. The molecule has 1 aliphatic heterocycles. The molecule has 124 valence electrons. The first-order chi connectivity index (χ1) is 11.5. The number of hydrogen-bond acceptors (Lipinski definition) is 6. The molecule has 3 atom stereocenters. The molecule has 0 unspecified atom stereocenters. The topological polar surface area (TPSA) is 128 Å². The van der Waals surface area contributed by atoms with E-state index < -0.39 is 29.7 Å². The van der Waals surface area contributed by atoms with Gasteiger partial charge in [0.2, 0.25) is 0 Å². The largest absolute Gasteiger partial charge is 0.394 e. The number of nitrogens with one attached hydrogen (secondary N) is 1. The molecule has 24 heavy (non-hydrogen) atoms. The zero-order chi connectivity index (χ0) is 17.3. The maximum atomic E-state index is 12.1. The van der Waals surface area contributed by atoms with Crippen LogP contribution in [0.2, 0.25) is 0 Å². The molecule has 1 aromatic carbocycles. The average Bonchev–Trinajstić information content (AvgIpc) is 2.96. The Balaban J connectivity index is 2.02. The fourth-order valence-corrected chi connectivity index (χ4v) is 2.68. The van der Waals surface area contributed by atoms with Crippen LogP contribution in [0.25, 0.3) is 11.1 Å². The second-order valence-electron chi connectivity index (χ2n) is 5.51. The predicted octanol–water partition coefficient (Wildman–Crippen LogP) is -0.284. The van der Waals surface area contributed by atoms with Crippen LogP contribution in [0.15, 0.2) is 40.1 Å². The molecule has 8 nitrogen and oxygen atoms in total. The molecular weight excluding hydrogens is 314 g/mol. The molecule has 0 radical (unpaired) electrons. The van der Waals surface area contributed by atoms with E-state index in [9.17, 15) is 14.7 Å². The maximum Gasteiger partial charge on any atom is 0.330 e. The van der Waals surface area contributed by atoms with Crippen LogP contribution in [0.3, 0.4) is 0 Å². The molecule has 0 bridgehead atoms. The van der Waals surface area contributed by atoms with E-state index in [1.807, 2.05) is 6.07 Å². The molecule has 0 amide bonds. The lowest BCUT2D eigenvalue weighted by Crippen LogP contribution is -2.33. The lowest BCUT2D eigenvalue weighted by Gasteiger charge is -2.15. The van der Waals surface area contributed by atoms with E-state index in [4.69, 9.17) is 15.1 Å². The number of benzene rings is 1. The van der Waals surface area contributed by atoms with E-state index in [0.717, 1.165) is 0 Å². The van der Waals surface area contributed by atoms with Crippen molar-refractivity contribution in [2.24, 2.45) is 0 Å². The molecule has 3 rings (SSSR count). The number of hydrogen-bond donors (Lipinski definition) is 3. The summed E-state index contributed by atoms with van der Waals surface area (Å²) in [6.07, 6.45) is -0.952. The molecule has 2 heterocycles. The number of aromatic amines is 1. The molecule has 1 fully saturated rings. The zero-order valence-electron chi connectivity index (χ0n) is 12.5. The normalized spacial score (nSPS) is 23.1. The lowest BCUT2D eigenvalue weighted by atomic mass is 10.1. The molecule has 1 saturated heterocycles. The van der Waals surface area contributed by atoms with E-state index in [2.05, 4.69) is 4.98 Å². The standard InChI is InChI=1S/C16H15N3O5/c17-6-9-1-3-10(4-2-9)11-7-19(16(23)18-15(11)22)14-5-12(21)13(8-20)24-14/h1-4,7,12-14,20-21H,5,8H2,(H,18,22,23)/t12-,13+,14+/m0/s1. The molecule has 1 aromatic heterocycles. The first-order valence-electron chi connectivity index (χ1n) is 7.34. The molecular formula is C16H15N3O5. The van der Waals surface area contributed by atoms with Gasteiger partial charge in [0.1, 0.15) is 12.3 Å². The van der Waals surface area contributed by atoms with Gasteiger partial charge in [-0.2, -0.15) is 5.26 Å². The molecule has 0 saturated carbocycles. The van der Waals surface area contributed by atoms with Gasteiger partial charge in [-0.15, -0.1) is 0 Å². The number of H-pyrrole nitrogens is 1. The maximum absolute atomic E-state index is 12.1. The lowest BCUT2D eigenvalue weighted by molar-refractivity contribution is -0.0458. The number of aliphatic hydroxyl groups is 2. The van der Waals surface area contributed by atoms with Gasteiger partial charge in [0.25, 0.3) is 5.56 Å². The van der Waals surface area contributed by atoms with Gasteiger partial charge in [-0.05, 0) is 17.7 Å². The van der Waals surface area contributed by atoms with Gasteiger partial charge >= 0.3 is 5.69 Å². The fraction of sp³-hybridized carbons (Fsp3) is 0.312. The Hall–Kier alpha value is -2.73. The van der Waals surface area contributed by atoms with Gasteiger partial charge in [0.15, 0.2) is 0 Å². The van der Waals surface area contributed by atoms with Crippen molar-refractivity contribution in [3.63, 3.8) is 0 Å². The van der Waals surface area contributed by atoms with Crippen molar-refractivity contribution in [2.75, 3.05) is 6.61 Å². The smallest absolute Gasteiger partial charge is 0.330 e. The van der Waals surface area contributed by atoms with Crippen LogP contribution in [-0.2, 0) is 4.74 Å². The fourth-order valence-electron chi connectivity index (χ4n) is 2.68. The Kier molecular flexibility index (Phi) is 4.31. The summed E-state index contributed by atoms with van der Waals surface area (Å²) in [6, 6.07) is 8.35. The van der Waals surface area contributed by atoms with E-state index in [1.165, 1.54) is 10.8 Å². The minimum absolute atomic E-state index is 0.129. The van der Waals surface area contributed by atoms with Crippen LogP contribution < -0.4 is 11.2 Å². The van der Waals surface area contributed by atoms with E-state index >= 15 is 0 Å². The number of rotatable bonds is 3. The summed E-state index contributed by atoms with van der Waals surface area (Å²) in [7, 11) is 0. The molecule has 2 aromatic rings. The van der Waals surface area contributed by atoms with Gasteiger partial charge in [-0.3, -0.25) is 14.3 Å².